The molecule has 1 fully saturated rings. The third-order valence-corrected chi connectivity index (χ3v) is 5.49. The van der Waals surface area contributed by atoms with Crippen LogP contribution >= 0.6 is 0 Å². The van der Waals surface area contributed by atoms with Crippen LogP contribution in [-0.2, 0) is 9.84 Å². The maximum absolute atomic E-state index is 12.3. The summed E-state index contributed by atoms with van der Waals surface area (Å²) >= 11 is 0. The van der Waals surface area contributed by atoms with E-state index in [1.165, 1.54) is 25.5 Å². The molecule has 0 aromatic carbocycles. The van der Waals surface area contributed by atoms with Crippen molar-refractivity contribution in [1.29, 1.82) is 0 Å². The van der Waals surface area contributed by atoms with Gasteiger partial charge in [-0.2, -0.15) is 5.10 Å². The van der Waals surface area contributed by atoms with Crippen LogP contribution in [0.15, 0.2) is 17.3 Å². The van der Waals surface area contributed by atoms with Crippen molar-refractivity contribution in [3.05, 3.63) is 12.4 Å². The summed E-state index contributed by atoms with van der Waals surface area (Å²) in [6.07, 6.45) is 8.84. The predicted molar refractivity (Wildman–Crippen MR) is 71.2 cm³/mol. The molecule has 4 nitrogen and oxygen atoms in total. The Morgan fingerprint density at radius 1 is 1.33 bits per heavy atom. The fourth-order valence-electron chi connectivity index (χ4n) is 2.52. The average molecular weight is 270 g/mol. The summed E-state index contributed by atoms with van der Waals surface area (Å²) in [7, 11) is -3.16. The lowest BCUT2D eigenvalue weighted by Crippen LogP contribution is -2.18. The summed E-state index contributed by atoms with van der Waals surface area (Å²) in [5, 5.41) is 4.11. The van der Waals surface area contributed by atoms with Gasteiger partial charge in [0.2, 0.25) is 0 Å². The van der Waals surface area contributed by atoms with Crippen LogP contribution in [0.1, 0.15) is 52.0 Å². The fraction of sp³-hybridized carbons (Fsp3) is 0.769. The number of rotatable bonds is 4. The van der Waals surface area contributed by atoms with Gasteiger partial charge in [-0.25, -0.2) is 8.42 Å². The van der Waals surface area contributed by atoms with Crippen LogP contribution in [0, 0.1) is 5.92 Å². The zero-order valence-electron chi connectivity index (χ0n) is 11.2. The molecule has 1 aliphatic carbocycles. The van der Waals surface area contributed by atoms with Crippen molar-refractivity contribution in [2.75, 3.05) is 5.75 Å². The Hall–Kier alpha value is -0.840. The monoisotopic (exact) mass is 270 g/mol. The SMILES string of the molecule is CC(C)n1cc(S(=O)(=O)CC2CCCCC2)cn1. The number of sulfone groups is 1. The molecule has 1 aliphatic rings. The Balaban J connectivity index is 2.09. The van der Waals surface area contributed by atoms with Gasteiger partial charge < -0.3 is 0 Å². The number of aromatic nitrogens is 2. The van der Waals surface area contributed by atoms with Crippen molar-refractivity contribution >= 4 is 9.84 Å². The Morgan fingerprint density at radius 2 is 2.00 bits per heavy atom. The molecular formula is C13H22N2O2S. The molecule has 0 bridgehead atoms. The van der Waals surface area contributed by atoms with Gasteiger partial charge in [-0.15, -0.1) is 0 Å². The molecule has 5 heteroatoms. The Kier molecular flexibility index (Phi) is 4.10. The van der Waals surface area contributed by atoms with E-state index in [2.05, 4.69) is 5.10 Å². The van der Waals surface area contributed by atoms with Crippen molar-refractivity contribution in [3.8, 4) is 0 Å². The summed E-state index contributed by atoms with van der Waals surface area (Å²) in [4.78, 5) is 0.377. The first kappa shape index (κ1) is 13.6. The predicted octanol–water partition coefficient (Wildman–Crippen LogP) is 2.82. The van der Waals surface area contributed by atoms with Crippen LogP contribution in [0.2, 0.25) is 0 Å². The van der Waals surface area contributed by atoms with E-state index >= 15 is 0 Å². The molecule has 0 amide bonds. The summed E-state index contributed by atoms with van der Waals surface area (Å²) in [5.41, 5.74) is 0. The Labute approximate surface area is 109 Å². The second kappa shape index (κ2) is 5.43. The van der Waals surface area contributed by atoms with Gasteiger partial charge in [-0.1, -0.05) is 19.3 Å². The molecule has 1 aromatic heterocycles. The molecule has 2 rings (SSSR count). The molecule has 1 aromatic rings. The third-order valence-electron chi connectivity index (χ3n) is 3.65. The summed E-state index contributed by atoms with van der Waals surface area (Å²) < 4.78 is 26.3. The molecule has 18 heavy (non-hydrogen) atoms. The van der Waals surface area contributed by atoms with E-state index in [1.807, 2.05) is 13.8 Å². The van der Waals surface area contributed by atoms with Crippen molar-refractivity contribution in [1.82, 2.24) is 9.78 Å². The highest BCUT2D eigenvalue weighted by atomic mass is 32.2. The lowest BCUT2D eigenvalue weighted by atomic mass is 9.91. The molecule has 0 aliphatic heterocycles. The Bertz CT molecular complexity index is 485. The molecule has 0 unspecified atom stereocenters. The molecule has 0 N–H and O–H groups in total. The molecule has 1 saturated carbocycles. The van der Waals surface area contributed by atoms with E-state index in [1.54, 1.807) is 10.9 Å². The van der Waals surface area contributed by atoms with E-state index < -0.39 is 9.84 Å². The number of hydrogen-bond donors (Lipinski definition) is 0. The summed E-state index contributed by atoms with van der Waals surface area (Å²) in [5.74, 6) is 0.628. The van der Waals surface area contributed by atoms with Gasteiger partial charge in [0.25, 0.3) is 0 Å². The minimum absolute atomic E-state index is 0.198. The van der Waals surface area contributed by atoms with Crippen LogP contribution in [0.4, 0.5) is 0 Å². The zero-order chi connectivity index (χ0) is 13.2. The van der Waals surface area contributed by atoms with Gasteiger partial charge in [0.15, 0.2) is 9.84 Å². The molecule has 0 spiro atoms. The first-order chi connectivity index (χ1) is 8.49. The highest BCUT2D eigenvalue weighted by molar-refractivity contribution is 7.91. The molecule has 1 heterocycles. The largest absolute Gasteiger partial charge is 0.269 e. The smallest absolute Gasteiger partial charge is 0.181 e. The van der Waals surface area contributed by atoms with Crippen LogP contribution < -0.4 is 0 Å². The van der Waals surface area contributed by atoms with Gasteiger partial charge in [-0.05, 0) is 32.6 Å². The lowest BCUT2D eigenvalue weighted by molar-refractivity contribution is 0.385. The second-order valence-corrected chi connectivity index (χ2v) is 7.57. The zero-order valence-corrected chi connectivity index (χ0v) is 12.0. The standard InChI is InChI=1S/C13H22N2O2S/c1-11(2)15-9-13(8-14-15)18(16,17)10-12-6-4-3-5-7-12/h8-9,11-12H,3-7,10H2,1-2H3. The Morgan fingerprint density at radius 3 is 2.56 bits per heavy atom. The normalized spacial score (nSPS) is 18.4. The van der Waals surface area contributed by atoms with E-state index in [0.29, 0.717) is 10.8 Å². The van der Waals surface area contributed by atoms with E-state index in [0.717, 1.165) is 12.8 Å². The van der Waals surface area contributed by atoms with Gasteiger partial charge >= 0.3 is 0 Å². The third kappa shape index (κ3) is 3.13. The van der Waals surface area contributed by atoms with Crippen molar-refractivity contribution in [2.24, 2.45) is 5.92 Å². The molecule has 0 saturated heterocycles. The topological polar surface area (TPSA) is 52.0 Å². The number of hydrogen-bond acceptors (Lipinski definition) is 3. The van der Waals surface area contributed by atoms with Gasteiger partial charge in [0.1, 0.15) is 4.90 Å². The first-order valence-electron chi connectivity index (χ1n) is 6.76. The van der Waals surface area contributed by atoms with Gasteiger partial charge in [0, 0.05) is 12.2 Å². The number of nitrogens with zero attached hydrogens (tertiary/aromatic N) is 2. The van der Waals surface area contributed by atoms with Gasteiger partial charge in [0.05, 0.1) is 11.9 Å². The van der Waals surface area contributed by atoms with Gasteiger partial charge in [-0.3, -0.25) is 4.68 Å². The second-order valence-electron chi connectivity index (χ2n) is 5.54. The molecule has 102 valence electrons. The van der Waals surface area contributed by atoms with E-state index in [-0.39, 0.29) is 11.8 Å². The van der Waals surface area contributed by atoms with Crippen molar-refractivity contribution < 1.29 is 8.42 Å². The first-order valence-corrected chi connectivity index (χ1v) is 8.41. The lowest BCUT2D eigenvalue weighted by Gasteiger charge is -2.20. The quantitative estimate of drug-likeness (QED) is 0.845. The van der Waals surface area contributed by atoms with E-state index in [9.17, 15) is 8.42 Å². The van der Waals surface area contributed by atoms with Crippen molar-refractivity contribution in [2.45, 2.75) is 56.9 Å². The minimum atomic E-state index is -3.16. The maximum Gasteiger partial charge on any atom is 0.181 e. The van der Waals surface area contributed by atoms with Crippen LogP contribution in [0.3, 0.4) is 0 Å². The van der Waals surface area contributed by atoms with Crippen LogP contribution in [0.5, 0.6) is 0 Å². The van der Waals surface area contributed by atoms with Crippen LogP contribution in [0.25, 0.3) is 0 Å². The molecule has 0 radical (unpaired) electrons. The summed E-state index contributed by atoms with van der Waals surface area (Å²) in [6.45, 7) is 3.98. The van der Waals surface area contributed by atoms with Crippen molar-refractivity contribution in [3.63, 3.8) is 0 Å². The molecular weight excluding hydrogens is 248 g/mol. The highest BCUT2D eigenvalue weighted by Gasteiger charge is 2.24. The highest BCUT2D eigenvalue weighted by Crippen LogP contribution is 2.27. The maximum atomic E-state index is 12.3. The molecule has 0 atom stereocenters. The fourth-order valence-corrected chi connectivity index (χ4v) is 4.15. The minimum Gasteiger partial charge on any atom is -0.269 e. The van der Waals surface area contributed by atoms with E-state index in [4.69, 9.17) is 0 Å². The average Bonchev–Trinajstić information content (AvgIpc) is 2.79. The summed E-state index contributed by atoms with van der Waals surface area (Å²) in [6, 6.07) is 0.198. The van der Waals surface area contributed by atoms with Crippen LogP contribution in [-0.4, -0.2) is 24.0 Å².